The summed E-state index contributed by atoms with van der Waals surface area (Å²) >= 11 is 8.20. The molecule has 0 bridgehead atoms. The molecule has 6 heteroatoms. The molecule has 0 spiro atoms. The molecule has 0 saturated heterocycles. The van der Waals surface area contributed by atoms with Gasteiger partial charge in [0.1, 0.15) is 0 Å². The van der Waals surface area contributed by atoms with Crippen molar-refractivity contribution in [3.63, 3.8) is 0 Å². The molecule has 0 N–H and O–H groups in total. The number of nitrogens with zero attached hydrogens (tertiary/aromatic N) is 3. The predicted molar refractivity (Wildman–Crippen MR) is 74.2 cm³/mol. The second kappa shape index (κ2) is 5.16. The van der Waals surface area contributed by atoms with Crippen LogP contribution in [-0.4, -0.2) is 31.8 Å². The summed E-state index contributed by atoms with van der Waals surface area (Å²) in [6.07, 6.45) is 1.51. The summed E-state index contributed by atoms with van der Waals surface area (Å²) in [5, 5.41) is 0.667. The second-order valence-corrected chi connectivity index (χ2v) is 5.10. The first-order chi connectivity index (χ1) is 9.22. The average molecular weight is 332 g/mol. The topological polar surface area (TPSA) is 47.9 Å². The van der Waals surface area contributed by atoms with Gasteiger partial charge in [0.15, 0.2) is 0 Å². The molecule has 2 aromatic heterocycles. The van der Waals surface area contributed by atoms with Gasteiger partial charge in [0.2, 0.25) is 0 Å². The van der Waals surface area contributed by atoms with Crippen molar-refractivity contribution in [3.05, 3.63) is 47.7 Å². The summed E-state index contributed by atoms with van der Waals surface area (Å²) in [4.78, 5) is 12.6. The Hall–Kier alpha value is -1.64. The van der Waals surface area contributed by atoms with Crippen LogP contribution < -0.4 is 9.22 Å². The Morgan fingerprint density at radius 3 is 2.58 bits per heavy atom. The third-order valence-corrected chi connectivity index (χ3v) is 3.41. The quantitative estimate of drug-likeness (QED) is 0.676. The summed E-state index contributed by atoms with van der Waals surface area (Å²) in [7, 11) is 0. The molecule has 4 nitrogen and oxygen atoms in total. The van der Waals surface area contributed by atoms with Gasteiger partial charge in [0.25, 0.3) is 0 Å². The maximum absolute atomic E-state index is 5.82. The van der Waals surface area contributed by atoms with E-state index in [-0.39, 0.29) is 0 Å². The van der Waals surface area contributed by atoms with E-state index < -0.39 is 0 Å². The van der Waals surface area contributed by atoms with Crippen molar-refractivity contribution in [2.75, 3.05) is 0 Å². The maximum atomic E-state index is 5.82. The van der Waals surface area contributed by atoms with Crippen LogP contribution in [0.3, 0.4) is 0 Å². The number of hydrogen-bond acceptors (Lipinski definition) is 4. The van der Waals surface area contributed by atoms with Crippen molar-refractivity contribution in [2.45, 2.75) is 0 Å². The molecule has 0 aliphatic heterocycles. The molecule has 0 amide bonds. The molecule has 2 radical (unpaired) electrons. The van der Waals surface area contributed by atoms with Crippen LogP contribution in [0.4, 0.5) is 0 Å². The Balaban J connectivity index is 1.97. The van der Waals surface area contributed by atoms with Crippen LogP contribution in [0.2, 0.25) is 5.02 Å². The van der Waals surface area contributed by atoms with Crippen molar-refractivity contribution < 1.29 is 4.74 Å². The molecule has 0 aliphatic rings. The number of fused-ring (bicyclic) bond motifs is 1. The van der Waals surface area contributed by atoms with E-state index in [0.29, 0.717) is 22.2 Å². The monoisotopic (exact) mass is 331 g/mol. The molecule has 0 saturated carbocycles. The molecule has 92 valence electrons. The Morgan fingerprint density at radius 2 is 1.79 bits per heavy atom. The summed E-state index contributed by atoms with van der Waals surface area (Å²) in [5.74, 6) is 1.18. The summed E-state index contributed by atoms with van der Waals surface area (Å²) in [6.45, 7) is 0. The number of hydrogen-bond donors (Lipinski definition) is 0. The molecule has 3 rings (SSSR count). The number of aromatic nitrogens is 3. The van der Waals surface area contributed by atoms with Crippen molar-refractivity contribution in [3.8, 4) is 11.6 Å². The number of benzene rings is 1. The molecule has 19 heavy (non-hydrogen) atoms. The fraction of sp³-hybridized carbons (Fsp3) is 0. The molecule has 0 fully saturated rings. The van der Waals surface area contributed by atoms with E-state index in [1.165, 1.54) is 6.33 Å². The van der Waals surface area contributed by atoms with Gasteiger partial charge in [-0.2, -0.15) is 0 Å². The van der Waals surface area contributed by atoms with Gasteiger partial charge in [0, 0.05) is 0 Å². The SMILES string of the molecule is Clc1ccc(Oc2ccc3ncnc([As])c3n2)cc1. The molecule has 2 heterocycles. The second-order valence-electron chi connectivity index (χ2n) is 3.77. The summed E-state index contributed by atoms with van der Waals surface area (Å²) < 4.78 is 6.43. The van der Waals surface area contributed by atoms with E-state index in [2.05, 4.69) is 31.8 Å². The first kappa shape index (κ1) is 12.4. The van der Waals surface area contributed by atoms with Gasteiger partial charge >= 0.3 is 123 Å². The normalized spacial score (nSPS) is 10.6. The van der Waals surface area contributed by atoms with E-state index in [1.807, 2.05) is 6.07 Å². The molecule has 0 atom stereocenters. The van der Waals surface area contributed by atoms with Crippen LogP contribution >= 0.6 is 11.6 Å². The fourth-order valence-electron chi connectivity index (χ4n) is 1.59. The molecule has 0 unspecified atom stereocenters. The Bertz CT molecular complexity index is 734. The summed E-state index contributed by atoms with van der Waals surface area (Å²) in [5.41, 5.74) is 1.50. The van der Waals surface area contributed by atoms with E-state index >= 15 is 0 Å². The van der Waals surface area contributed by atoms with Gasteiger partial charge < -0.3 is 0 Å². The Kier molecular flexibility index (Phi) is 3.36. The number of ether oxygens (including phenoxy) is 1. The van der Waals surface area contributed by atoms with Gasteiger partial charge in [-0.05, 0) is 0 Å². The molecular formula is C13H7AsClN3O. The first-order valence-corrected chi connectivity index (χ1v) is 6.78. The zero-order valence-corrected chi connectivity index (χ0v) is 12.2. The van der Waals surface area contributed by atoms with Gasteiger partial charge in [-0.1, -0.05) is 0 Å². The standard InChI is InChI=1S/C13H7AsClN3O/c14-13-12-10(16-7-17-13)5-6-11(18-12)19-9-3-1-8(15)2-4-9/h1-7H. The number of rotatable bonds is 2. The van der Waals surface area contributed by atoms with Crippen LogP contribution in [0, 0.1) is 0 Å². The Morgan fingerprint density at radius 1 is 1.00 bits per heavy atom. The third-order valence-electron chi connectivity index (χ3n) is 2.47. The van der Waals surface area contributed by atoms with E-state index in [1.54, 1.807) is 30.3 Å². The summed E-state index contributed by atoms with van der Waals surface area (Å²) in [6, 6.07) is 10.7. The molecule has 0 aliphatic carbocycles. The predicted octanol–water partition coefficient (Wildman–Crippen LogP) is 2.26. The van der Waals surface area contributed by atoms with Crippen molar-refractivity contribution in [2.24, 2.45) is 0 Å². The van der Waals surface area contributed by atoms with E-state index in [4.69, 9.17) is 16.3 Å². The van der Waals surface area contributed by atoms with Gasteiger partial charge in [0.05, 0.1) is 0 Å². The van der Waals surface area contributed by atoms with Gasteiger partial charge in [-0.3, -0.25) is 0 Å². The van der Waals surface area contributed by atoms with Crippen molar-refractivity contribution >= 4 is 44.0 Å². The van der Waals surface area contributed by atoms with Crippen LogP contribution in [0.25, 0.3) is 11.0 Å². The fourth-order valence-corrected chi connectivity index (χ4v) is 2.17. The average Bonchev–Trinajstić information content (AvgIpc) is 2.42. The number of halogens is 1. The molecular weight excluding hydrogens is 325 g/mol. The van der Waals surface area contributed by atoms with Crippen LogP contribution in [0.1, 0.15) is 0 Å². The minimum atomic E-state index is 0.497. The first-order valence-electron chi connectivity index (χ1n) is 5.46. The zero-order chi connectivity index (χ0) is 13.2. The van der Waals surface area contributed by atoms with Crippen molar-refractivity contribution in [1.29, 1.82) is 0 Å². The van der Waals surface area contributed by atoms with E-state index in [0.717, 1.165) is 10.00 Å². The molecule has 1 aromatic carbocycles. The van der Waals surface area contributed by atoms with E-state index in [9.17, 15) is 0 Å². The molecule has 3 aromatic rings. The van der Waals surface area contributed by atoms with Gasteiger partial charge in [-0.15, -0.1) is 0 Å². The third kappa shape index (κ3) is 2.70. The van der Waals surface area contributed by atoms with Crippen LogP contribution in [0.15, 0.2) is 42.7 Å². The van der Waals surface area contributed by atoms with Crippen LogP contribution in [-0.2, 0) is 0 Å². The minimum absolute atomic E-state index is 0.497. The Labute approximate surface area is 123 Å². The van der Waals surface area contributed by atoms with Crippen molar-refractivity contribution in [1.82, 2.24) is 15.0 Å². The zero-order valence-electron chi connectivity index (χ0n) is 9.62. The van der Waals surface area contributed by atoms with Crippen LogP contribution in [0.5, 0.6) is 11.6 Å². The number of pyridine rings is 1. The van der Waals surface area contributed by atoms with Gasteiger partial charge in [-0.25, -0.2) is 0 Å².